The zero-order chi connectivity index (χ0) is 33.3. The van der Waals surface area contributed by atoms with Crippen molar-refractivity contribution < 1.29 is 23.4 Å². The van der Waals surface area contributed by atoms with Gasteiger partial charge in [-0.3, -0.25) is 0 Å². The largest absolute Gasteiger partial charge is 0.414 e. The van der Waals surface area contributed by atoms with Crippen LogP contribution in [0.15, 0.2) is 0 Å². The molecule has 0 saturated carbocycles. The van der Waals surface area contributed by atoms with E-state index in [1.807, 2.05) is 0 Å². The Labute approximate surface area is 269 Å². The molecule has 0 radical (unpaired) electrons. The third kappa shape index (κ3) is 10.5. The van der Waals surface area contributed by atoms with E-state index in [9.17, 15) is 5.11 Å². The second-order valence-electron chi connectivity index (χ2n) is 14.4. The Bertz CT molecular complexity index is 926. The summed E-state index contributed by atoms with van der Waals surface area (Å²) in [6.07, 6.45) is 5.27. The number of nitrogens with zero attached hydrogens (tertiary/aromatic N) is 1. The van der Waals surface area contributed by atoms with E-state index < -0.39 is 42.7 Å². The van der Waals surface area contributed by atoms with Gasteiger partial charge in [0, 0.05) is 6.42 Å². The molecule has 1 rings (SSSR count). The average Bonchev–Trinajstić information content (AvgIpc) is 2.95. The van der Waals surface area contributed by atoms with Crippen molar-refractivity contribution in [1.82, 2.24) is 4.90 Å². The van der Waals surface area contributed by atoms with E-state index in [-0.39, 0.29) is 36.3 Å². The van der Waals surface area contributed by atoms with Crippen molar-refractivity contribution in [3.05, 3.63) is 0 Å². The fraction of sp³-hybridized carbons (Fsp3) is 0.882. The minimum Gasteiger partial charge on any atom is -0.414 e. The first-order valence-electron chi connectivity index (χ1n) is 16.9. The van der Waals surface area contributed by atoms with Gasteiger partial charge in [-0.15, -0.1) is 17.9 Å². The van der Waals surface area contributed by atoms with Crippen molar-refractivity contribution in [2.45, 2.75) is 173 Å². The lowest BCUT2D eigenvalue weighted by Gasteiger charge is -2.48. The van der Waals surface area contributed by atoms with Crippen LogP contribution in [0, 0.1) is 23.8 Å². The first kappa shape index (κ1) is 40.6. The highest BCUT2D eigenvalue weighted by molar-refractivity contribution is 6.87. The van der Waals surface area contributed by atoms with Crippen LogP contribution in [0.5, 0.6) is 0 Å². The van der Waals surface area contributed by atoms with Crippen LogP contribution in [0.25, 0.3) is 0 Å². The van der Waals surface area contributed by atoms with Crippen LogP contribution in [-0.4, -0.2) is 91.7 Å². The predicted octanol–water partition coefficient (Wildman–Crippen LogP) is 7.65. The van der Waals surface area contributed by atoms with Crippen molar-refractivity contribution in [2.75, 3.05) is 20.7 Å². The summed E-state index contributed by atoms with van der Waals surface area (Å²) in [5.74, 6) is 6.03. The summed E-state index contributed by atoms with van der Waals surface area (Å²) >= 11 is 0. The molecular formula is C34H67NO5Si3. The molecule has 0 aromatic rings. The Morgan fingerprint density at radius 1 is 0.977 bits per heavy atom. The number of ether oxygens (including phenoxy) is 2. The molecule has 43 heavy (non-hydrogen) atoms. The number of likely N-dealkylation sites (N-methyl/N-ethyl adjacent to an activating group) is 1. The Morgan fingerprint density at radius 3 is 1.93 bits per heavy atom. The van der Waals surface area contributed by atoms with E-state index in [2.05, 4.69) is 119 Å². The van der Waals surface area contributed by atoms with E-state index in [1.165, 1.54) is 0 Å². The highest BCUT2D eigenvalue weighted by Gasteiger charge is 2.47. The van der Waals surface area contributed by atoms with Gasteiger partial charge in [0.2, 0.25) is 0 Å². The molecular weight excluding hydrogens is 587 g/mol. The van der Waals surface area contributed by atoms with Crippen LogP contribution in [0.2, 0.25) is 54.4 Å². The Hall–Kier alpha value is -0.469. The molecule has 9 heteroatoms. The number of terminal acetylenes is 1. The zero-order valence-corrected chi connectivity index (χ0v) is 33.4. The maximum absolute atomic E-state index is 12.0. The molecule has 0 amide bonds. The molecule has 1 N–H and O–H groups in total. The molecule has 0 bridgehead atoms. The SMILES string of the molecule is C#C[C@](O)(CC#C[Si](CC)(CC)CC)[C@@H](CO[Si](C)(C)C(C)(C)C)O[C@H]1C[C@H](O[Si](CC)(CC)CC)[C@H](N(C)C)[C@H](C)O1. The third-order valence-corrected chi connectivity index (χ3v) is 24.8. The topological polar surface area (TPSA) is 60.4 Å². The van der Waals surface area contributed by atoms with Gasteiger partial charge in [-0.1, -0.05) is 68.2 Å². The van der Waals surface area contributed by atoms with Crippen LogP contribution in [-0.2, 0) is 18.3 Å². The van der Waals surface area contributed by atoms with Gasteiger partial charge < -0.3 is 28.3 Å². The van der Waals surface area contributed by atoms with Gasteiger partial charge in [-0.25, -0.2) is 0 Å². The smallest absolute Gasteiger partial charge is 0.192 e. The normalized spacial score (nSPS) is 24.2. The molecule has 250 valence electrons. The summed E-state index contributed by atoms with van der Waals surface area (Å²) in [6.45, 7) is 26.8. The van der Waals surface area contributed by atoms with Gasteiger partial charge >= 0.3 is 0 Å². The van der Waals surface area contributed by atoms with E-state index >= 15 is 0 Å². The van der Waals surface area contributed by atoms with Gasteiger partial charge in [-0.05, 0) is 75.4 Å². The summed E-state index contributed by atoms with van der Waals surface area (Å²) in [6, 6.07) is 6.62. The van der Waals surface area contributed by atoms with Crippen LogP contribution < -0.4 is 0 Å². The number of hydrogen-bond acceptors (Lipinski definition) is 6. The van der Waals surface area contributed by atoms with Crippen molar-refractivity contribution >= 4 is 24.7 Å². The second kappa shape index (κ2) is 16.9. The number of aliphatic hydroxyl groups is 1. The van der Waals surface area contributed by atoms with E-state index in [1.54, 1.807) is 0 Å². The highest BCUT2D eigenvalue weighted by Crippen LogP contribution is 2.38. The van der Waals surface area contributed by atoms with E-state index in [0.717, 1.165) is 36.3 Å². The molecule has 0 spiro atoms. The minimum absolute atomic E-state index is 0.00231. The fourth-order valence-corrected chi connectivity index (χ4v) is 12.3. The summed E-state index contributed by atoms with van der Waals surface area (Å²) < 4.78 is 26.9. The molecule has 6 atom stereocenters. The van der Waals surface area contributed by atoms with E-state index in [4.69, 9.17) is 24.7 Å². The third-order valence-electron chi connectivity index (χ3n) is 10.8. The first-order valence-corrected chi connectivity index (χ1v) is 24.9. The van der Waals surface area contributed by atoms with Crippen LogP contribution in [0.3, 0.4) is 0 Å². The van der Waals surface area contributed by atoms with Crippen molar-refractivity contribution in [2.24, 2.45) is 0 Å². The molecule has 0 aromatic heterocycles. The molecule has 1 aliphatic rings. The van der Waals surface area contributed by atoms with Gasteiger partial charge in [0.15, 0.2) is 28.5 Å². The van der Waals surface area contributed by atoms with Crippen molar-refractivity contribution in [3.8, 4) is 23.8 Å². The molecule has 1 fully saturated rings. The highest BCUT2D eigenvalue weighted by atomic mass is 28.4. The summed E-state index contributed by atoms with van der Waals surface area (Å²) in [5.41, 5.74) is 1.99. The van der Waals surface area contributed by atoms with Gasteiger partial charge in [0.25, 0.3) is 0 Å². The molecule has 1 heterocycles. The molecule has 6 nitrogen and oxygen atoms in total. The molecule has 0 unspecified atom stereocenters. The molecule has 1 saturated heterocycles. The van der Waals surface area contributed by atoms with Crippen LogP contribution >= 0.6 is 0 Å². The van der Waals surface area contributed by atoms with Gasteiger partial charge in [0.1, 0.15) is 14.2 Å². The maximum atomic E-state index is 12.0. The summed E-state index contributed by atoms with van der Waals surface area (Å²) in [5, 5.41) is 12.0. The minimum atomic E-state index is -2.16. The fourth-order valence-electron chi connectivity index (χ4n) is 5.90. The average molecular weight is 654 g/mol. The lowest BCUT2D eigenvalue weighted by atomic mass is 9.93. The zero-order valence-electron chi connectivity index (χ0n) is 30.4. The van der Waals surface area contributed by atoms with Crippen LogP contribution in [0.1, 0.15) is 82.1 Å². The van der Waals surface area contributed by atoms with Crippen molar-refractivity contribution in [1.29, 1.82) is 0 Å². The molecule has 0 aliphatic carbocycles. The first-order chi connectivity index (χ1) is 19.9. The number of rotatable bonds is 16. The van der Waals surface area contributed by atoms with Crippen LogP contribution in [0.4, 0.5) is 0 Å². The Morgan fingerprint density at radius 2 is 1.51 bits per heavy atom. The Kier molecular flexibility index (Phi) is 15.9. The monoisotopic (exact) mass is 653 g/mol. The number of hydrogen-bond donors (Lipinski definition) is 1. The Balaban J connectivity index is 3.47. The van der Waals surface area contributed by atoms with Gasteiger partial charge in [0.05, 0.1) is 31.3 Å². The predicted molar refractivity (Wildman–Crippen MR) is 190 cm³/mol. The quantitative estimate of drug-likeness (QED) is 0.136. The maximum Gasteiger partial charge on any atom is 0.192 e. The van der Waals surface area contributed by atoms with E-state index in [0.29, 0.717) is 6.42 Å². The lowest BCUT2D eigenvalue weighted by Crippen LogP contribution is -2.59. The molecule has 1 aliphatic heterocycles. The summed E-state index contributed by atoms with van der Waals surface area (Å²) in [4.78, 5) is 2.21. The molecule has 0 aromatic carbocycles. The second-order valence-corrected chi connectivity index (χ2v) is 28.9. The summed E-state index contributed by atoms with van der Waals surface area (Å²) in [7, 11) is -1.57. The van der Waals surface area contributed by atoms with Gasteiger partial charge in [-0.2, -0.15) is 0 Å². The van der Waals surface area contributed by atoms with Crippen molar-refractivity contribution in [3.63, 3.8) is 0 Å². The standard InChI is InChI=1S/C34H67NO5Si3/c1-16-34(36,24-23-25-42(17-2,18-3)19-4)30(27-37-41(14,15)33(9,10)11)39-31-26-29(32(35(12)13)28(8)38-31)40-43(20-5,21-6)22-7/h1,28-32,36H,17-22,24,26-27H2,2-15H3/t28-,29-,30+,31-,32+,34-/m0/s1. The lowest BCUT2D eigenvalue weighted by molar-refractivity contribution is -0.265.